The average Bonchev–Trinajstić information content (AvgIpc) is 2.28. The zero-order valence-corrected chi connectivity index (χ0v) is 11.0. The molecular formula is C13H14N2O2S. The molecular weight excluding hydrogens is 248 g/mol. The van der Waals surface area contributed by atoms with Crippen molar-refractivity contribution in [2.24, 2.45) is 0 Å². The summed E-state index contributed by atoms with van der Waals surface area (Å²) in [5, 5.41) is 0. The van der Waals surface area contributed by atoms with Gasteiger partial charge in [-0.3, -0.25) is 9.71 Å². The van der Waals surface area contributed by atoms with Crippen LogP contribution in [0.5, 0.6) is 0 Å². The Morgan fingerprint density at radius 1 is 1.17 bits per heavy atom. The first kappa shape index (κ1) is 12.6. The molecule has 1 heterocycles. The summed E-state index contributed by atoms with van der Waals surface area (Å²) in [6.07, 6.45) is 2.91. The molecule has 0 fully saturated rings. The molecule has 0 radical (unpaired) electrons. The maximum atomic E-state index is 11.2. The molecule has 0 saturated heterocycles. The van der Waals surface area contributed by atoms with E-state index in [1.54, 1.807) is 24.4 Å². The smallest absolute Gasteiger partial charge is 0.229 e. The van der Waals surface area contributed by atoms with E-state index in [1.165, 1.54) is 0 Å². The summed E-state index contributed by atoms with van der Waals surface area (Å²) in [6, 6.07) is 11.0. The molecule has 4 nitrogen and oxygen atoms in total. The van der Waals surface area contributed by atoms with Gasteiger partial charge < -0.3 is 0 Å². The number of pyridine rings is 1. The van der Waals surface area contributed by atoms with Crippen LogP contribution in [0.1, 0.15) is 5.56 Å². The minimum Gasteiger partial charge on any atom is -0.284 e. The van der Waals surface area contributed by atoms with Crippen molar-refractivity contribution in [1.82, 2.24) is 4.98 Å². The van der Waals surface area contributed by atoms with Crippen LogP contribution in [0.3, 0.4) is 0 Å². The van der Waals surface area contributed by atoms with Gasteiger partial charge in [-0.25, -0.2) is 8.42 Å². The molecule has 0 spiro atoms. The Balaban J connectivity index is 2.35. The first-order valence-electron chi connectivity index (χ1n) is 5.45. The number of anilines is 1. The number of hydrogen-bond acceptors (Lipinski definition) is 3. The highest BCUT2D eigenvalue weighted by Gasteiger charge is 2.04. The van der Waals surface area contributed by atoms with Crippen molar-refractivity contribution in [3.05, 3.63) is 48.2 Å². The van der Waals surface area contributed by atoms with E-state index in [1.807, 2.05) is 25.1 Å². The Hall–Kier alpha value is -1.88. The van der Waals surface area contributed by atoms with Crippen LogP contribution in [0.25, 0.3) is 11.3 Å². The lowest BCUT2D eigenvalue weighted by atomic mass is 10.1. The highest BCUT2D eigenvalue weighted by molar-refractivity contribution is 7.92. The highest BCUT2D eigenvalue weighted by Crippen LogP contribution is 2.21. The Bertz CT molecular complexity index is 649. The van der Waals surface area contributed by atoms with Gasteiger partial charge in [-0.15, -0.1) is 0 Å². The van der Waals surface area contributed by atoms with E-state index in [4.69, 9.17) is 0 Å². The van der Waals surface area contributed by atoms with Crippen molar-refractivity contribution >= 4 is 15.7 Å². The van der Waals surface area contributed by atoms with E-state index in [-0.39, 0.29) is 0 Å². The van der Waals surface area contributed by atoms with Gasteiger partial charge in [-0.05, 0) is 30.7 Å². The van der Waals surface area contributed by atoms with Crippen LogP contribution < -0.4 is 4.72 Å². The van der Waals surface area contributed by atoms with Gasteiger partial charge in [0, 0.05) is 17.4 Å². The van der Waals surface area contributed by atoms with Gasteiger partial charge in [0.05, 0.1) is 11.9 Å². The maximum absolute atomic E-state index is 11.2. The van der Waals surface area contributed by atoms with Crippen LogP contribution in [-0.2, 0) is 10.0 Å². The second-order valence-electron chi connectivity index (χ2n) is 4.18. The molecule has 0 aliphatic heterocycles. The van der Waals surface area contributed by atoms with Crippen molar-refractivity contribution in [3.63, 3.8) is 0 Å². The van der Waals surface area contributed by atoms with Gasteiger partial charge in [0.25, 0.3) is 0 Å². The number of benzene rings is 1. The summed E-state index contributed by atoms with van der Waals surface area (Å²) in [5.74, 6) is 0. The summed E-state index contributed by atoms with van der Waals surface area (Å²) in [4.78, 5) is 4.31. The molecule has 0 atom stereocenters. The van der Waals surface area contributed by atoms with Crippen molar-refractivity contribution < 1.29 is 8.42 Å². The predicted octanol–water partition coefficient (Wildman–Crippen LogP) is 2.43. The number of rotatable bonds is 3. The molecule has 0 aliphatic rings. The molecule has 0 unspecified atom stereocenters. The van der Waals surface area contributed by atoms with Gasteiger partial charge in [0.2, 0.25) is 10.0 Å². The molecule has 2 aromatic rings. The fraction of sp³-hybridized carbons (Fsp3) is 0.154. The Morgan fingerprint density at radius 2 is 1.94 bits per heavy atom. The van der Waals surface area contributed by atoms with Gasteiger partial charge in [0.1, 0.15) is 0 Å². The quantitative estimate of drug-likeness (QED) is 0.924. The minimum atomic E-state index is -3.25. The van der Waals surface area contributed by atoms with Crippen molar-refractivity contribution in [2.45, 2.75) is 6.92 Å². The van der Waals surface area contributed by atoms with Crippen LogP contribution in [-0.4, -0.2) is 19.7 Å². The van der Waals surface area contributed by atoms with Gasteiger partial charge in [0.15, 0.2) is 0 Å². The molecule has 0 saturated carbocycles. The fourth-order valence-corrected chi connectivity index (χ4v) is 2.15. The lowest BCUT2D eigenvalue weighted by Crippen LogP contribution is -2.09. The van der Waals surface area contributed by atoms with Crippen LogP contribution in [0, 0.1) is 6.92 Å². The average molecular weight is 262 g/mol. The minimum absolute atomic E-state index is 0.539. The first-order chi connectivity index (χ1) is 8.44. The van der Waals surface area contributed by atoms with Crippen LogP contribution >= 0.6 is 0 Å². The molecule has 18 heavy (non-hydrogen) atoms. The predicted molar refractivity (Wildman–Crippen MR) is 72.9 cm³/mol. The lowest BCUT2D eigenvalue weighted by molar-refractivity contribution is 0.607. The Labute approximate surface area is 107 Å². The third-order valence-corrected chi connectivity index (χ3v) is 2.98. The molecule has 1 N–H and O–H groups in total. The molecule has 2 rings (SSSR count). The topological polar surface area (TPSA) is 59.1 Å². The second kappa shape index (κ2) is 4.78. The van der Waals surface area contributed by atoms with E-state index < -0.39 is 10.0 Å². The Morgan fingerprint density at radius 3 is 2.56 bits per heavy atom. The second-order valence-corrected chi connectivity index (χ2v) is 5.92. The van der Waals surface area contributed by atoms with E-state index in [9.17, 15) is 8.42 Å². The van der Waals surface area contributed by atoms with E-state index in [2.05, 4.69) is 9.71 Å². The summed E-state index contributed by atoms with van der Waals surface area (Å²) in [5.41, 5.74) is 3.32. The summed E-state index contributed by atoms with van der Waals surface area (Å²) >= 11 is 0. The molecule has 1 aromatic heterocycles. The van der Waals surface area contributed by atoms with Crippen molar-refractivity contribution in [3.8, 4) is 11.3 Å². The zero-order chi connectivity index (χ0) is 13.2. The van der Waals surface area contributed by atoms with Crippen LogP contribution in [0.2, 0.25) is 0 Å². The number of nitrogens with zero attached hydrogens (tertiary/aromatic N) is 1. The summed E-state index contributed by atoms with van der Waals surface area (Å²) in [6.45, 7) is 1.97. The molecule has 0 amide bonds. The van der Waals surface area contributed by atoms with E-state index in [0.717, 1.165) is 23.1 Å². The van der Waals surface area contributed by atoms with E-state index in [0.29, 0.717) is 5.69 Å². The normalized spacial score (nSPS) is 11.2. The fourth-order valence-electron chi connectivity index (χ4n) is 1.59. The number of sulfonamides is 1. The Kier molecular flexibility index (Phi) is 3.34. The van der Waals surface area contributed by atoms with Gasteiger partial charge in [-0.2, -0.15) is 0 Å². The molecule has 1 aromatic carbocycles. The third-order valence-electron chi connectivity index (χ3n) is 2.37. The molecule has 94 valence electrons. The summed E-state index contributed by atoms with van der Waals surface area (Å²) in [7, 11) is -3.25. The van der Waals surface area contributed by atoms with Crippen LogP contribution in [0.15, 0.2) is 42.6 Å². The summed E-state index contributed by atoms with van der Waals surface area (Å²) < 4.78 is 24.8. The van der Waals surface area contributed by atoms with Gasteiger partial charge >= 0.3 is 0 Å². The zero-order valence-electron chi connectivity index (χ0n) is 10.2. The largest absolute Gasteiger partial charge is 0.284 e. The molecule has 0 bridgehead atoms. The molecule has 5 heteroatoms. The van der Waals surface area contributed by atoms with E-state index >= 15 is 0 Å². The number of hydrogen-bond donors (Lipinski definition) is 1. The first-order valence-corrected chi connectivity index (χ1v) is 7.34. The number of aryl methyl sites for hydroxylation is 1. The lowest BCUT2D eigenvalue weighted by Gasteiger charge is -2.06. The third kappa shape index (κ3) is 3.30. The van der Waals surface area contributed by atoms with Crippen molar-refractivity contribution in [2.75, 3.05) is 11.0 Å². The molecule has 0 aliphatic carbocycles. The number of nitrogens with one attached hydrogen (secondary N) is 1. The highest BCUT2D eigenvalue weighted by atomic mass is 32.2. The van der Waals surface area contributed by atoms with Crippen LogP contribution in [0.4, 0.5) is 5.69 Å². The number of aromatic nitrogens is 1. The SMILES string of the molecule is Cc1ccc(-c2cccc(NS(C)(=O)=O)c2)nc1. The standard InChI is InChI=1S/C13H14N2O2S/c1-10-6-7-13(14-9-10)11-4-3-5-12(8-11)15-18(2,16)17/h3-9,15H,1-2H3. The maximum Gasteiger partial charge on any atom is 0.229 e. The van der Waals surface area contributed by atoms with Crippen molar-refractivity contribution in [1.29, 1.82) is 0 Å². The van der Waals surface area contributed by atoms with Gasteiger partial charge in [-0.1, -0.05) is 18.2 Å². The monoisotopic (exact) mass is 262 g/mol.